The van der Waals surface area contributed by atoms with E-state index in [1.165, 1.54) is 13.8 Å². The van der Waals surface area contributed by atoms with Gasteiger partial charge in [-0.25, -0.2) is 17.5 Å². The minimum absolute atomic E-state index is 0.0288. The molecule has 96 valence electrons. The average molecular weight is 263 g/mol. The molecular weight excluding hydrogens is 249 g/mol. The SMILES string of the molecule is CC(C)(F)c1nc(CS(=O)(=O)NC2CC2)no1. The van der Waals surface area contributed by atoms with Gasteiger partial charge in [0.1, 0.15) is 5.75 Å². The van der Waals surface area contributed by atoms with Gasteiger partial charge in [-0.1, -0.05) is 5.16 Å². The zero-order valence-corrected chi connectivity index (χ0v) is 10.4. The predicted octanol–water partition coefficient (Wildman–Crippen LogP) is 0.856. The second-order valence-electron chi connectivity index (χ2n) is 4.64. The van der Waals surface area contributed by atoms with Crippen molar-refractivity contribution in [2.45, 2.75) is 44.2 Å². The van der Waals surface area contributed by atoms with Crippen LogP contribution < -0.4 is 4.72 Å². The summed E-state index contributed by atoms with van der Waals surface area (Å²) in [6, 6.07) is 0.0315. The van der Waals surface area contributed by atoms with E-state index in [1.54, 1.807) is 0 Å². The predicted molar refractivity (Wildman–Crippen MR) is 57.2 cm³/mol. The molecule has 0 saturated heterocycles. The van der Waals surface area contributed by atoms with Crippen LogP contribution in [0.3, 0.4) is 0 Å². The van der Waals surface area contributed by atoms with Crippen LogP contribution in [0, 0.1) is 0 Å². The summed E-state index contributed by atoms with van der Waals surface area (Å²) in [7, 11) is -3.46. The molecule has 1 aliphatic carbocycles. The van der Waals surface area contributed by atoms with Crippen LogP contribution in [-0.4, -0.2) is 24.6 Å². The zero-order chi connectivity index (χ0) is 12.7. The lowest BCUT2D eigenvalue weighted by atomic mass is 10.2. The highest BCUT2D eigenvalue weighted by molar-refractivity contribution is 7.88. The van der Waals surface area contributed by atoms with Crippen LogP contribution >= 0.6 is 0 Å². The van der Waals surface area contributed by atoms with Crippen molar-refractivity contribution in [3.05, 3.63) is 11.7 Å². The molecule has 0 aromatic carbocycles. The van der Waals surface area contributed by atoms with Gasteiger partial charge < -0.3 is 4.52 Å². The molecule has 1 fully saturated rings. The van der Waals surface area contributed by atoms with Gasteiger partial charge in [-0.2, -0.15) is 4.98 Å². The molecule has 0 atom stereocenters. The summed E-state index contributed by atoms with van der Waals surface area (Å²) in [6.07, 6.45) is 1.71. The normalized spacial score (nSPS) is 17.4. The quantitative estimate of drug-likeness (QED) is 0.851. The molecule has 0 bridgehead atoms. The fourth-order valence-corrected chi connectivity index (χ4v) is 2.50. The number of nitrogens with one attached hydrogen (secondary N) is 1. The number of hydrogen-bond donors (Lipinski definition) is 1. The van der Waals surface area contributed by atoms with Gasteiger partial charge in [0.2, 0.25) is 10.0 Å². The molecule has 17 heavy (non-hydrogen) atoms. The topological polar surface area (TPSA) is 85.1 Å². The van der Waals surface area contributed by atoms with Gasteiger partial charge in [-0.3, -0.25) is 0 Å². The number of halogens is 1. The Bertz CT molecular complexity index is 502. The van der Waals surface area contributed by atoms with E-state index in [0.717, 1.165) is 12.8 Å². The Kier molecular flexibility index (Phi) is 2.94. The van der Waals surface area contributed by atoms with E-state index in [1.807, 2.05) is 0 Å². The van der Waals surface area contributed by atoms with Gasteiger partial charge in [0.05, 0.1) is 0 Å². The summed E-state index contributed by atoms with van der Waals surface area (Å²) in [5.41, 5.74) is -1.76. The molecule has 1 N–H and O–H groups in total. The Morgan fingerprint density at radius 1 is 1.53 bits per heavy atom. The number of alkyl halides is 1. The van der Waals surface area contributed by atoms with Crippen LogP contribution in [-0.2, 0) is 21.4 Å². The monoisotopic (exact) mass is 263 g/mol. The van der Waals surface area contributed by atoms with E-state index in [4.69, 9.17) is 0 Å². The molecule has 6 nitrogen and oxygen atoms in total. The molecule has 0 unspecified atom stereocenters. The third-order valence-corrected chi connectivity index (χ3v) is 3.55. The van der Waals surface area contributed by atoms with Crippen molar-refractivity contribution in [1.29, 1.82) is 0 Å². The molecule has 0 aliphatic heterocycles. The second-order valence-corrected chi connectivity index (χ2v) is 6.39. The first-order chi connectivity index (χ1) is 7.76. The number of aromatic nitrogens is 2. The van der Waals surface area contributed by atoms with Gasteiger partial charge in [-0.15, -0.1) is 0 Å². The van der Waals surface area contributed by atoms with E-state index in [0.29, 0.717) is 0 Å². The molecule has 1 heterocycles. The molecule has 8 heteroatoms. The smallest absolute Gasteiger partial charge is 0.263 e. The van der Waals surface area contributed by atoms with E-state index < -0.39 is 15.7 Å². The largest absolute Gasteiger partial charge is 0.336 e. The second kappa shape index (κ2) is 4.02. The van der Waals surface area contributed by atoms with Gasteiger partial charge in [0, 0.05) is 6.04 Å². The van der Waals surface area contributed by atoms with E-state index in [9.17, 15) is 12.8 Å². The molecule has 0 amide bonds. The average Bonchev–Trinajstić information content (AvgIpc) is 2.78. The van der Waals surface area contributed by atoms with Gasteiger partial charge in [0.15, 0.2) is 11.5 Å². The molecule has 1 saturated carbocycles. The number of rotatable bonds is 5. The Morgan fingerprint density at radius 3 is 2.65 bits per heavy atom. The van der Waals surface area contributed by atoms with Crippen molar-refractivity contribution >= 4 is 10.0 Å². The lowest BCUT2D eigenvalue weighted by molar-refractivity contribution is 0.155. The Labute approximate surface area is 98.6 Å². The zero-order valence-electron chi connectivity index (χ0n) is 9.60. The fourth-order valence-electron chi connectivity index (χ4n) is 1.22. The van der Waals surface area contributed by atoms with Crippen LogP contribution in [0.5, 0.6) is 0 Å². The van der Waals surface area contributed by atoms with Crippen LogP contribution in [0.2, 0.25) is 0 Å². The summed E-state index contributed by atoms with van der Waals surface area (Å²) in [5, 5.41) is 3.45. The Balaban J connectivity index is 2.05. The molecular formula is C9H14FN3O3S. The number of hydrogen-bond acceptors (Lipinski definition) is 5. The molecule has 1 aliphatic rings. The van der Waals surface area contributed by atoms with Crippen LogP contribution in [0.15, 0.2) is 4.52 Å². The minimum atomic E-state index is -3.46. The summed E-state index contributed by atoms with van der Waals surface area (Å²) in [6.45, 7) is 2.53. The molecule has 2 rings (SSSR count). The minimum Gasteiger partial charge on any atom is -0.336 e. The summed E-state index contributed by atoms with van der Waals surface area (Å²) >= 11 is 0. The van der Waals surface area contributed by atoms with Gasteiger partial charge >= 0.3 is 0 Å². The molecule has 0 radical (unpaired) electrons. The van der Waals surface area contributed by atoms with Crippen molar-refractivity contribution in [3.63, 3.8) is 0 Å². The van der Waals surface area contributed by atoms with Crippen LogP contribution in [0.1, 0.15) is 38.4 Å². The van der Waals surface area contributed by atoms with Crippen LogP contribution in [0.25, 0.3) is 0 Å². The Hall–Kier alpha value is -1.02. The maximum atomic E-state index is 13.4. The van der Waals surface area contributed by atoms with E-state index in [-0.39, 0.29) is 23.5 Å². The van der Waals surface area contributed by atoms with Crippen molar-refractivity contribution in [3.8, 4) is 0 Å². The maximum absolute atomic E-state index is 13.4. The highest BCUT2D eigenvalue weighted by Crippen LogP contribution is 2.23. The van der Waals surface area contributed by atoms with Gasteiger partial charge in [-0.05, 0) is 26.7 Å². The highest BCUT2D eigenvalue weighted by atomic mass is 32.2. The standard InChI is InChI=1S/C9H14FN3O3S/c1-9(2,10)8-11-7(12-16-8)5-17(14,15)13-6-3-4-6/h6,13H,3-5H2,1-2H3. The first-order valence-electron chi connectivity index (χ1n) is 5.28. The summed E-state index contributed by atoms with van der Waals surface area (Å²) in [5.74, 6) is -0.628. The lowest BCUT2D eigenvalue weighted by Crippen LogP contribution is -2.27. The van der Waals surface area contributed by atoms with Crippen molar-refractivity contribution in [1.82, 2.24) is 14.9 Å². The molecule has 1 aromatic rings. The van der Waals surface area contributed by atoms with E-state index >= 15 is 0 Å². The fraction of sp³-hybridized carbons (Fsp3) is 0.778. The van der Waals surface area contributed by atoms with Crippen molar-refractivity contribution < 1.29 is 17.3 Å². The third kappa shape index (κ3) is 3.47. The third-order valence-electron chi connectivity index (χ3n) is 2.22. The number of sulfonamides is 1. The van der Waals surface area contributed by atoms with Crippen molar-refractivity contribution in [2.24, 2.45) is 0 Å². The summed E-state index contributed by atoms with van der Waals surface area (Å²) < 4.78 is 43.7. The van der Waals surface area contributed by atoms with Crippen LogP contribution in [0.4, 0.5) is 4.39 Å². The molecule has 1 aromatic heterocycles. The van der Waals surface area contributed by atoms with Crippen molar-refractivity contribution in [2.75, 3.05) is 0 Å². The highest BCUT2D eigenvalue weighted by Gasteiger charge is 2.30. The van der Waals surface area contributed by atoms with E-state index in [2.05, 4.69) is 19.4 Å². The Morgan fingerprint density at radius 2 is 2.18 bits per heavy atom. The van der Waals surface area contributed by atoms with Gasteiger partial charge in [0.25, 0.3) is 5.89 Å². The summed E-state index contributed by atoms with van der Waals surface area (Å²) in [4.78, 5) is 3.72. The first kappa shape index (κ1) is 12.4. The lowest BCUT2D eigenvalue weighted by Gasteiger charge is -2.05. The number of nitrogens with zero attached hydrogens (tertiary/aromatic N) is 2. The maximum Gasteiger partial charge on any atom is 0.263 e. The first-order valence-corrected chi connectivity index (χ1v) is 6.93. The molecule has 0 spiro atoms.